The van der Waals surface area contributed by atoms with Crippen molar-refractivity contribution in [1.29, 1.82) is 0 Å². The van der Waals surface area contributed by atoms with Gasteiger partial charge in [0.15, 0.2) is 0 Å². The van der Waals surface area contributed by atoms with E-state index in [2.05, 4.69) is 20.9 Å². The fraction of sp³-hybridized carbons (Fsp3) is 0.455. The molecular formula is C11H15BrN4O3S. The van der Waals surface area contributed by atoms with Gasteiger partial charge < -0.3 is 10.6 Å². The Labute approximate surface area is 125 Å². The number of rotatable bonds is 2. The summed E-state index contributed by atoms with van der Waals surface area (Å²) in [4.78, 5) is 17.9. The fourth-order valence-corrected chi connectivity index (χ4v) is 3.17. The Balaban J connectivity index is 2.11. The molecule has 1 fully saturated rings. The highest BCUT2D eigenvalue weighted by atomic mass is 79.9. The van der Waals surface area contributed by atoms with Gasteiger partial charge in [0.25, 0.3) is 5.91 Å². The second-order valence-electron chi connectivity index (χ2n) is 4.54. The number of hydrogen-bond acceptors (Lipinski definition) is 5. The van der Waals surface area contributed by atoms with Crippen molar-refractivity contribution in [1.82, 2.24) is 14.2 Å². The quantitative estimate of drug-likeness (QED) is 0.807. The van der Waals surface area contributed by atoms with E-state index < -0.39 is 10.0 Å². The molecule has 110 valence electrons. The molecule has 1 aliphatic rings. The van der Waals surface area contributed by atoms with Gasteiger partial charge in [0, 0.05) is 36.8 Å². The molecule has 2 heterocycles. The zero-order valence-electron chi connectivity index (χ0n) is 10.9. The van der Waals surface area contributed by atoms with E-state index >= 15 is 0 Å². The number of amides is 1. The standard InChI is InChI=1S/C11H15BrN4O3S/c1-20(18,19)16-4-2-15(3-5-16)11(17)9-6-8(12)7-14-10(9)13/h6-7H,2-5H2,1H3,(H2,13,14). The fourth-order valence-electron chi connectivity index (χ4n) is 2.01. The summed E-state index contributed by atoms with van der Waals surface area (Å²) in [5, 5.41) is 0. The van der Waals surface area contributed by atoms with Gasteiger partial charge in [-0.1, -0.05) is 0 Å². The zero-order chi connectivity index (χ0) is 14.9. The third-order valence-corrected chi connectivity index (χ3v) is 4.85. The summed E-state index contributed by atoms with van der Waals surface area (Å²) >= 11 is 3.25. The molecular weight excluding hydrogens is 348 g/mol. The third-order valence-electron chi connectivity index (χ3n) is 3.11. The monoisotopic (exact) mass is 362 g/mol. The lowest BCUT2D eigenvalue weighted by molar-refractivity contribution is 0.0699. The van der Waals surface area contributed by atoms with Gasteiger partial charge >= 0.3 is 0 Å². The Kier molecular flexibility index (Phi) is 4.31. The normalized spacial score (nSPS) is 17.2. The summed E-state index contributed by atoms with van der Waals surface area (Å²) in [6.45, 7) is 1.29. The number of sulfonamides is 1. The predicted molar refractivity (Wildman–Crippen MR) is 78.7 cm³/mol. The van der Waals surface area contributed by atoms with Crippen LogP contribution < -0.4 is 5.73 Å². The summed E-state index contributed by atoms with van der Waals surface area (Å²) in [7, 11) is -3.20. The number of hydrogen-bond donors (Lipinski definition) is 1. The minimum atomic E-state index is -3.20. The highest BCUT2D eigenvalue weighted by Gasteiger charge is 2.27. The lowest BCUT2D eigenvalue weighted by Gasteiger charge is -2.33. The number of aromatic nitrogens is 1. The van der Waals surface area contributed by atoms with Gasteiger partial charge in [-0.3, -0.25) is 4.79 Å². The highest BCUT2D eigenvalue weighted by molar-refractivity contribution is 9.10. The summed E-state index contributed by atoms with van der Waals surface area (Å²) in [6, 6.07) is 1.62. The Bertz CT molecular complexity index is 627. The van der Waals surface area contributed by atoms with Crippen molar-refractivity contribution in [3.8, 4) is 0 Å². The first-order valence-electron chi connectivity index (χ1n) is 5.94. The molecule has 0 saturated carbocycles. The molecule has 2 rings (SSSR count). The van der Waals surface area contributed by atoms with Crippen LogP contribution in [-0.4, -0.2) is 60.9 Å². The smallest absolute Gasteiger partial charge is 0.257 e. The number of nitrogen functional groups attached to an aromatic ring is 1. The summed E-state index contributed by atoms with van der Waals surface area (Å²) < 4.78 is 24.9. The molecule has 9 heteroatoms. The second-order valence-corrected chi connectivity index (χ2v) is 7.44. The topological polar surface area (TPSA) is 96.6 Å². The van der Waals surface area contributed by atoms with Crippen LogP contribution in [0.1, 0.15) is 10.4 Å². The first kappa shape index (κ1) is 15.2. The van der Waals surface area contributed by atoms with E-state index in [1.54, 1.807) is 11.0 Å². The number of nitrogens with zero attached hydrogens (tertiary/aromatic N) is 3. The van der Waals surface area contributed by atoms with Crippen molar-refractivity contribution in [3.63, 3.8) is 0 Å². The van der Waals surface area contributed by atoms with E-state index in [9.17, 15) is 13.2 Å². The number of piperazine rings is 1. The van der Waals surface area contributed by atoms with Crippen LogP contribution in [0.3, 0.4) is 0 Å². The van der Waals surface area contributed by atoms with Crippen molar-refractivity contribution in [3.05, 3.63) is 22.3 Å². The summed E-state index contributed by atoms with van der Waals surface area (Å²) in [6.07, 6.45) is 2.69. The molecule has 1 saturated heterocycles. The highest BCUT2D eigenvalue weighted by Crippen LogP contribution is 2.18. The van der Waals surface area contributed by atoms with E-state index in [0.717, 1.165) is 0 Å². The van der Waals surface area contributed by atoms with Crippen LogP contribution in [0.4, 0.5) is 5.82 Å². The molecule has 1 amide bonds. The van der Waals surface area contributed by atoms with Crippen LogP contribution in [0, 0.1) is 0 Å². The van der Waals surface area contributed by atoms with Gasteiger partial charge in [-0.15, -0.1) is 0 Å². The number of nitrogens with two attached hydrogens (primary N) is 1. The van der Waals surface area contributed by atoms with Crippen molar-refractivity contribution in [2.75, 3.05) is 38.2 Å². The maximum Gasteiger partial charge on any atom is 0.257 e. The third kappa shape index (κ3) is 3.28. The number of pyridine rings is 1. The minimum Gasteiger partial charge on any atom is -0.383 e. The SMILES string of the molecule is CS(=O)(=O)N1CCN(C(=O)c2cc(Br)cnc2N)CC1. The van der Waals surface area contributed by atoms with E-state index in [1.807, 2.05) is 0 Å². The molecule has 0 aliphatic carbocycles. The van der Waals surface area contributed by atoms with Gasteiger partial charge in [0.2, 0.25) is 10.0 Å². The lowest BCUT2D eigenvalue weighted by Crippen LogP contribution is -2.50. The summed E-state index contributed by atoms with van der Waals surface area (Å²) in [5.74, 6) is -0.0619. The van der Waals surface area contributed by atoms with Crippen molar-refractivity contribution >= 4 is 37.7 Å². The first-order chi connectivity index (χ1) is 9.29. The molecule has 2 N–H and O–H groups in total. The molecule has 20 heavy (non-hydrogen) atoms. The minimum absolute atomic E-state index is 0.170. The van der Waals surface area contributed by atoms with E-state index in [4.69, 9.17) is 5.73 Å². The maximum absolute atomic E-state index is 12.3. The van der Waals surface area contributed by atoms with E-state index in [0.29, 0.717) is 36.2 Å². The molecule has 1 aliphatic heterocycles. The number of carbonyl (C=O) groups is 1. The molecule has 0 bridgehead atoms. The number of carbonyl (C=O) groups excluding carboxylic acids is 1. The molecule has 0 aromatic carbocycles. The number of anilines is 1. The van der Waals surface area contributed by atoms with Crippen molar-refractivity contribution in [2.45, 2.75) is 0 Å². The van der Waals surface area contributed by atoms with Crippen LogP contribution >= 0.6 is 15.9 Å². The van der Waals surface area contributed by atoms with Crippen LogP contribution in [-0.2, 0) is 10.0 Å². The molecule has 0 spiro atoms. The Morgan fingerprint density at radius 1 is 1.35 bits per heavy atom. The van der Waals surface area contributed by atoms with Gasteiger partial charge in [-0.25, -0.2) is 13.4 Å². The van der Waals surface area contributed by atoms with Crippen LogP contribution in [0.2, 0.25) is 0 Å². The summed E-state index contributed by atoms with van der Waals surface area (Å²) in [5.41, 5.74) is 6.03. The Hall–Kier alpha value is -1.19. The largest absolute Gasteiger partial charge is 0.383 e. The van der Waals surface area contributed by atoms with E-state index in [1.165, 1.54) is 16.8 Å². The molecule has 1 aromatic rings. The maximum atomic E-state index is 12.3. The Morgan fingerprint density at radius 2 is 1.95 bits per heavy atom. The second kappa shape index (κ2) is 5.66. The molecule has 0 atom stereocenters. The van der Waals surface area contributed by atoms with Crippen molar-refractivity contribution < 1.29 is 13.2 Å². The lowest BCUT2D eigenvalue weighted by atomic mass is 10.2. The average Bonchev–Trinajstić information content (AvgIpc) is 2.40. The predicted octanol–water partition coefficient (Wildman–Crippen LogP) is 0.144. The van der Waals surface area contributed by atoms with Crippen LogP contribution in [0.25, 0.3) is 0 Å². The van der Waals surface area contributed by atoms with Gasteiger partial charge in [0.1, 0.15) is 5.82 Å². The van der Waals surface area contributed by atoms with Crippen molar-refractivity contribution in [2.24, 2.45) is 0 Å². The molecule has 7 nitrogen and oxygen atoms in total. The molecule has 1 aromatic heterocycles. The van der Waals surface area contributed by atoms with Gasteiger partial charge in [-0.2, -0.15) is 4.31 Å². The Morgan fingerprint density at radius 3 is 2.50 bits per heavy atom. The molecule has 0 radical (unpaired) electrons. The van der Waals surface area contributed by atoms with E-state index in [-0.39, 0.29) is 11.7 Å². The zero-order valence-corrected chi connectivity index (χ0v) is 13.3. The molecule has 0 unspecified atom stereocenters. The first-order valence-corrected chi connectivity index (χ1v) is 8.58. The van der Waals surface area contributed by atoms with Gasteiger partial charge in [0.05, 0.1) is 11.8 Å². The number of halogens is 1. The van der Waals surface area contributed by atoms with Crippen LogP contribution in [0.5, 0.6) is 0 Å². The average molecular weight is 363 g/mol. The van der Waals surface area contributed by atoms with Gasteiger partial charge in [-0.05, 0) is 22.0 Å². The van der Waals surface area contributed by atoms with Crippen LogP contribution in [0.15, 0.2) is 16.7 Å².